The number of H-pyrrole nitrogens is 1. The van der Waals surface area contributed by atoms with E-state index >= 15 is 0 Å². The first-order valence-electron chi connectivity index (χ1n) is 11.2. The number of carbonyl (C=O) groups excluding carboxylic acids is 2. The number of ether oxygens (including phenoxy) is 3. The van der Waals surface area contributed by atoms with Gasteiger partial charge in [0, 0.05) is 18.2 Å². The lowest BCUT2D eigenvalue weighted by Crippen LogP contribution is -2.33. The van der Waals surface area contributed by atoms with E-state index in [-0.39, 0.29) is 13.0 Å². The summed E-state index contributed by atoms with van der Waals surface area (Å²) in [6.07, 6.45) is -0.903. The Labute approximate surface area is 201 Å². The van der Waals surface area contributed by atoms with Crippen LogP contribution in [-0.4, -0.2) is 40.3 Å². The van der Waals surface area contributed by atoms with Gasteiger partial charge in [0.25, 0.3) is 5.56 Å². The summed E-state index contributed by atoms with van der Waals surface area (Å²) in [7, 11) is 0. The normalized spacial score (nSPS) is 19.3. The van der Waals surface area contributed by atoms with Crippen LogP contribution in [-0.2, 0) is 14.2 Å². The minimum Gasteiger partial charge on any atom is -0.459 e. The molecular formula is C26H26N2O7. The van der Waals surface area contributed by atoms with E-state index in [1.807, 2.05) is 13.8 Å². The summed E-state index contributed by atoms with van der Waals surface area (Å²) in [4.78, 5) is 51.6. The average Bonchev–Trinajstić information content (AvgIpc) is 3.22. The van der Waals surface area contributed by atoms with Gasteiger partial charge >= 0.3 is 17.6 Å². The smallest absolute Gasteiger partial charge is 0.338 e. The quantitative estimate of drug-likeness (QED) is 0.542. The lowest BCUT2D eigenvalue weighted by molar-refractivity contribution is -0.0582. The molecule has 0 unspecified atom stereocenters. The lowest BCUT2D eigenvalue weighted by Gasteiger charge is -2.19. The van der Waals surface area contributed by atoms with Crippen LogP contribution in [0.15, 0.2) is 64.3 Å². The van der Waals surface area contributed by atoms with Crippen molar-refractivity contribution in [3.05, 3.63) is 103 Å². The number of aryl methyl sites for hydroxylation is 3. The predicted octanol–water partition coefficient (Wildman–Crippen LogP) is 2.83. The highest BCUT2D eigenvalue weighted by Gasteiger charge is 2.40. The Morgan fingerprint density at radius 3 is 2.11 bits per heavy atom. The third-order valence-electron chi connectivity index (χ3n) is 5.85. The number of rotatable bonds is 6. The number of hydrogen-bond donors (Lipinski definition) is 1. The number of nitrogens with one attached hydrogen (secondary N) is 1. The molecule has 182 valence electrons. The molecule has 3 aromatic rings. The summed E-state index contributed by atoms with van der Waals surface area (Å²) in [5.41, 5.74) is 1.95. The van der Waals surface area contributed by atoms with Gasteiger partial charge in [0.15, 0.2) is 0 Å². The van der Waals surface area contributed by atoms with Crippen molar-refractivity contribution < 1.29 is 23.8 Å². The molecule has 1 N–H and O–H groups in total. The van der Waals surface area contributed by atoms with E-state index in [9.17, 15) is 19.2 Å². The number of hydrogen-bond acceptors (Lipinski definition) is 7. The predicted molar refractivity (Wildman–Crippen MR) is 126 cm³/mol. The molecule has 35 heavy (non-hydrogen) atoms. The Hall–Kier alpha value is -3.98. The number of benzene rings is 2. The zero-order valence-corrected chi connectivity index (χ0v) is 19.6. The number of aromatic nitrogens is 2. The molecule has 1 aromatic heterocycles. The highest BCUT2D eigenvalue weighted by atomic mass is 16.6. The second-order valence-corrected chi connectivity index (χ2v) is 8.62. The molecule has 0 saturated carbocycles. The standard InChI is InChI=1S/C26H26N2O7/c1-15-4-8-18(9-5-15)24(30)33-14-21-20(35-25(31)19-10-6-16(2)7-11-19)12-22(34-21)28-13-17(3)23(29)27-26(28)32/h4-11,13,20-22H,12,14H2,1-3H3,(H,27,29,32)/t20-,21+,22+/m1/s1. The molecule has 4 rings (SSSR count). The fourth-order valence-electron chi connectivity index (χ4n) is 3.77. The number of aromatic amines is 1. The molecule has 1 fully saturated rings. The number of esters is 2. The molecule has 1 aliphatic rings. The maximum atomic E-state index is 12.8. The van der Waals surface area contributed by atoms with Gasteiger partial charge in [-0.3, -0.25) is 14.3 Å². The van der Waals surface area contributed by atoms with Gasteiger partial charge in [-0.05, 0) is 45.0 Å². The Kier molecular flexibility index (Phi) is 6.97. The third-order valence-corrected chi connectivity index (χ3v) is 5.85. The van der Waals surface area contributed by atoms with Gasteiger partial charge in [-0.2, -0.15) is 0 Å². The van der Waals surface area contributed by atoms with E-state index in [1.165, 1.54) is 10.8 Å². The molecule has 1 saturated heterocycles. The van der Waals surface area contributed by atoms with Crippen LogP contribution in [0.1, 0.15) is 50.1 Å². The van der Waals surface area contributed by atoms with Crippen molar-refractivity contribution in [1.82, 2.24) is 9.55 Å². The third kappa shape index (κ3) is 5.58. The monoisotopic (exact) mass is 478 g/mol. The largest absolute Gasteiger partial charge is 0.459 e. The van der Waals surface area contributed by atoms with E-state index in [0.717, 1.165) is 11.1 Å². The zero-order chi connectivity index (χ0) is 25.1. The van der Waals surface area contributed by atoms with Gasteiger partial charge in [-0.1, -0.05) is 35.4 Å². The van der Waals surface area contributed by atoms with E-state index in [4.69, 9.17) is 14.2 Å². The van der Waals surface area contributed by atoms with Crippen LogP contribution in [0.5, 0.6) is 0 Å². The second-order valence-electron chi connectivity index (χ2n) is 8.62. The highest BCUT2D eigenvalue weighted by Crippen LogP contribution is 2.31. The van der Waals surface area contributed by atoms with E-state index in [2.05, 4.69) is 4.98 Å². The van der Waals surface area contributed by atoms with Gasteiger partial charge in [0.05, 0.1) is 11.1 Å². The van der Waals surface area contributed by atoms with Crippen molar-refractivity contribution in [1.29, 1.82) is 0 Å². The van der Waals surface area contributed by atoms with Crippen molar-refractivity contribution in [3.8, 4) is 0 Å². The van der Waals surface area contributed by atoms with E-state index in [1.54, 1.807) is 55.5 Å². The minimum absolute atomic E-state index is 0.135. The molecule has 3 atom stereocenters. The summed E-state index contributed by atoms with van der Waals surface area (Å²) in [5.74, 6) is -1.10. The van der Waals surface area contributed by atoms with Gasteiger partial charge in [-0.15, -0.1) is 0 Å². The van der Waals surface area contributed by atoms with Crippen molar-refractivity contribution in [2.45, 2.75) is 45.6 Å². The van der Waals surface area contributed by atoms with Crippen molar-refractivity contribution in [2.24, 2.45) is 0 Å². The topological polar surface area (TPSA) is 117 Å². The zero-order valence-electron chi connectivity index (χ0n) is 19.6. The SMILES string of the molecule is Cc1ccc(C(=O)OC[C@@H]2O[C@H](n3cc(C)c(=O)[nH]c3=O)C[C@H]2OC(=O)c2ccc(C)cc2)cc1. The summed E-state index contributed by atoms with van der Waals surface area (Å²) in [6.45, 7) is 5.20. The summed E-state index contributed by atoms with van der Waals surface area (Å²) in [5, 5.41) is 0. The van der Waals surface area contributed by atoms with Gasteiger partial charge in [0.1, 0.15) is 25.0 Å². The van der Waals surface area contributed by atoms with E-state index in [0.29, 0.717) is 16.7 Å². The Morgan fingerprint density at radius 2 is 1.51 bits per heavy atom. The van der Waals surface area contributed by atoms with Crippen LogP contribution in [0.2, 0.25) is 0 Å². The first-order valence-corrected chi connectivity index (χ1v) is 11.2. The molecule has 9 heteroatoms. The molecule has 2 aromatic carbocycles. The first-order chi connectivity index (χ1) is 16.7. The van der Waals surface area contributed by atoms with Crippen LogP contribution >= 0.6 is 0 Å². The lowest BCUT2D eigenvalue weighted by atomic mass is 10.1. The molecule has 2 heterocycles. The second kappa shape index (κ2) is 10.1. The molecular weight excluding hydrogens is 452 g/mol. The molecule has 0 radical (unpaired) electrons. The average molecular weight is 479 g/mol. The molecule has 9 nitrogen and oxygen atoms in total. The van der Waals surface area contributed by atoms with Crippen molar-refractivity contribution in [3.63, 3.8) is 0 Å². The van der Waals surface area contributed by atoms with Crippen LogP contribution in [0.4, 0.5) is 0 Å². The fraction of sp³-hybridized carbons (Fsp3) is 0.308. The molecule has 0 spiro atoms. The van der Waals surface area contributed by atoms with Gasteiger partial charge in [-0.25, -0.2) is 14.4 Å². The van der Waals surface area contributed by atoms with Gasteiger partial charge < -0.3 is 14.2 Å². The van der Waals surface area contributed by atoms with Crippen molar-refractivity contribution >= 4 is 11.9 Å². The van der Waals surface area contributed by atoms with Crippen LogP contribution in [0, 0.1) is 20.8 Å². The summed E-state index contributed by atoms with van der Waals surface area (Å²) >= 11 is 0. The Morgan fingerprint density at radius 1 is 0.943 bits per heavy atom. The molecule has 0 amide bonds. The summed E-state index contributed by atoms with van der Waals surface area (Å²) < 4.78 is 18.4. The van der Waals surface area contributed by atoms with E-state index < -0.39 is 41.6 Å². The fourth-order valence-corrected chi connectivity index (χ4v) is 3.77. The van der Waals surface area contributed by atoms with Crippen LogP contribution < -0.4 is 11.2 Å². The van der Waals surface area contributed by atoms with Crippen molar-refractivity contribution in [2.75, 3.05) is 6.61 Å². The molecule has 0 aliphatic carbocycles. The maximum Gasteiger partial charge on any atom is 0.338 e. The maximum absolute atomic E-state index is 12.8. The Balaban J connectivity index is 1.53. The number of carbonyl (C=O) groups is 2. The van der Waals surface area contributed by atoms with Gasteiger partial charge in [0.2, 0.25) is 0 Å². The number of nitrogens with zero attached hydrogens (tertiary/aromatic N) is 1. The summed E-state index contributed by atoms with van der Waals surface area (Å²) in [6, 6.07) is 13.8. The minimum atomic E-state index is -0.822. The van der Waals surface area contributed by atoms with Crippen LogP contribution in [0.25, 0.3) is 0 Å². The molecule has 0 bridgehead atoms. The molecule has 1 aliphatic heterocycles. The van der Waals surface area contributed by atoms with Crippen LogP contribution in [0.3, 0.4) is 0 Å². The Bertz CT molecular complexity index is 1340. The highest BCUT2D eigenvalue weighted by molar-refractivity contribution is 5.90. The first kappa shape index (κ1) is 24.2.